The van der Waals surface area contributed by atoms with Crippen molar-refractivity contribution >= 4 is 28.9 Å². The van der Waals surface area contributed by atoms with Crippen LogP contribution in [-0.4, -0.2) is 54.6 Å². The number of halogens is 1. The second-order valence-electron chi connectivity index (χ2n) is 9.20. The van der Waals surface area contributed by atoms with Gasteiger partial charge in [0.25, 0.3) is 5.91 Å². The van der Waals surface area contributed by atoms with Gasteiger partial charge in [-0.1, -0.05) is 85.7 Å². The molecule has 0 saturated heterocycles. The molecule has 1 atom stereocenters. The molecule has 0 fully saturated rings. The lowest BCUT2D eigenvalue weighted by atomic mass is 9.89. The third-order valence-electron chi connectivity index (χ3n) is 6.38. The van der Waals surface area contributed by atoms with Gasteiger partial charge in [0, 0.05) is 29.3 Å². The fraction of sp³-hybridized carbons (Fsp3) is 0.387. The van der Waals surface area contributed by atoms with Crippen molar-refractivity contribution in [1.29, 1.82) is 5.41 Å². The van der Waals surface area contributed by atoms with Crippen molar-refractivity contribution in [3.8, 4) is 0 Å². The van der Waals surface area contributed by atoms with Crippen molar-refractivity contribution in [2.75, 3.05) is 27.2 Å². The van der Waals surface area contributed by atoms with Gasteiger partial charge < -0.3 is 26.0 Å². The van der Waals surface area contributed by atoms with Crippen LogP contribution in [0.1, 0.15) is 57.1 Å². The number of rotatable bonds is 13. The molecule has 39 heavy (non-hydrogen) atoms. The van der Waals surface area contributed by atoms with Gasteiger partial charge in [-0.2, -0.15) is 0 Å². The lowest BCUT2D eigenvalue weighted by Crippen LogP contribution is -2.35. The molecule has 7 nitrogen and oxygen atoms in total. The molecular formula is C31H43ClN4O3. The van der Waals surface area contributed by atoms with Crippen LogP contribution < -0.4 is 5.73 Å². The number of carbonyl (C=O) groups is 1. The molecule has 0 aromatic heterocycles. The summed E-state index contributed by atoms with van der Waals surface area (Å²) in [6.07, 6.45) is 5.10. The number of hydrogen-bond acceptors (Lipinski definition) is 6. The smallest absolute Gasteiger partial charge is 0.253 e. The van der Waals surface area contributed by atoms with Crippen LogP contribution in [0.5, 0.6) is 0 Å². The maximum atomic E-state index is 12.7. The third-order valence-corrected chi connectivity index (χ3v) is 6.62. The zero-order chi connectivity index (χ0) is 29.4. The summed E-state index contributed by atoms with van der Waals surface area (Å²) in [6, 6.07) is 17.3. The van der Waals surface area contributed by atoms with Gasteiger partial charge in [-0.3, -0.25) is 4.79 Å². The second-order valence-corrected chi connectivity index (χ2v) is 9.64. The van der Waals surface area contributed by atoms with E-state index in [1.807, 2.05) is 62.4 Å². The average Bonchev–Trinajstić information content (AvgIpc) is 2.94. The summed E-state index contributed by atoms with van der Waals surface area (Å²) in [5.74, 6) is -0.387. The van der Waals surface area contributed by atoms with E-state index < -0.39 is 5.60 Å². The SMILES string of the molecule is C=C/C(=C\C(C)=N)C(=O)N(C)C/C(=N\OC)C(CCN)c1cccc(Cl)c1.CCC(O)(CC)c1ccccc1. The molecule has 2 rings (SSSR count). The second kappa shape index (κ2) is 17.4. The quantitative estimate of drug-likeness (QED) is 0.120. The summed E-state index contributed by atoms with van der Waals surface area (Å²) in [5, 5.41) is 22.4. The first-order chi connectivity index (χ1) is 18.6. The minimum absolute atomic E-state index is 0.135. The van der Waals surface area contributed by atoms with Gasteiger partial charge in [0.1, 0.15) is 7.11 Å². The van der Waals surface area contributed by atoms with E-state index >= 15 is 0 Å². The Bertz CT molecular complexity index is 1130. The molecule has 0 spiro atoms. The first-order valence-corrected chi connectivity index (χ1v) is 13.4. The van der Waals surface area contributed by atoms with Crippen LogP contribution in [-0.2, 0) is 15.2 Å². The normalized spacial score (nSPS) is 12.6. The molecule has 2 aromatic rings. The van der Waals surface area contributed by atoms with Crippen molar-refractivity contribution < 1.29 is 14.7 Å². The van der Waals surface area contributed by atoms with Crippen LogP contribution in [0.25, 0.3) is 0 Å². The van der Waals surface area contributed by atoms with Crippen LogP contribution in [0.15, 0.2) is 84.1 Å². The van der Waals surface area contributed by atoms with Crippen LogP contribution in [0.2, 0.25) is 5.02 Å². The molecule has 1 unspecified atom stereocenters. The number of nitrogens with two attached hydrogens (primary N) is 1. The maximum Gasteiger partial charge on any atom is 0.253 e. The summed E-state index contributed by atoms with van der Waals surface area (Å²) in [7, 11) is 3.13. The van der Waals surface area contributed by atoms with Crippen molar-refractivity contribution in [2.24, 2.45) is 10.9 Å². The van der Waals surface area contributed by atoms with E-state index in [-0.39, 0.29) is 24.1 Å². The predicted molar refractivity (Wildman–Crippen MR) is 163 cm³/mol. The third kappa shape index (κ3) is 10.8. The molecule has 212 valence electrons. The number of benzene rings is 2. The van der Waals surface area contributed by atoms with E-state index in [1.165, 1.54) is 24.2 Å². The molecule has 2 aromatic carbocycles. The fourth-order valence-corrected chi connectivity index (χ4v) is 4.32. The summed E-state index contributed by atoms with van der Waals surface area (Å²) in [6.45, 7) is 9.97. The lowest BCUT2D eigenvalue weighted by Gasteiger charge is -2.25. The molecule has 0 aliphatic carbocycles. The Morgan fingerprint density at radius 1 is 1.23 bits per heavy atom. The molecule has 0 heterocycles. The number of oxime groups is 1. The van der Waals surface area contributed by atoms with Crippen LogP contribution in [0, 0.1) is 5.41 Å². The minimum atomic E-state index is -0.624. The van der Waals surface area contributed by atoms with Gasteiger partial charge in [-0.15, -0.1) is 0 Å². The van der Waals surface area contributed by atoms with E-state index in [2.05, 4.69) is 11.7 Å². The molecular weight excluding hydrogens is 512 g/mol. The largest absolute Gasteiger partial charge is 0.399 e. The van der Waals surface area contributed by atoms with Gasteiger partial charge in [0.05, 0.1) is 17.9 Å². The molecule has 4 N–H and O–H groups in total. The number of nitrogens with zero attached hydrogens (tertiary/aromatic N) is 2. The van der Waals surface area contributed by atoms with E-state index in [4.69, 9.17) is 27.6 Å². The number of carbonyl (C=O) groups excluding carboxylic acids is 1. The number of aliphatic hydroxyl groups is 1. The average molecular weight is 555 g/mol. The van der Waals surface area contributed by atoms with Crippen molar-refractivity contribution in [2.45, 2.75) is 51.6 Å². The molecule has 0 radical (unpaired) electrons. The highest BCUT2D eigenvalue weighted by molar-refractivity contribution is 6.30. The Morgan fingerprint density at radius 3 is 2.36 bits per heavy atom. The van der Waals surface area contributed by atoms with Crippen LogP contribution in [0.4, 0.5) is 0 Å². The molecule has 8 heteroatoms. The highest BCUT2D eigenvalue weighted by Gasteiger charge is 2.24. The Balaban J connectivity index is 0.000000525. The Hall–Kier alpha value is -3.26. The fourth-order valence-electron chi connectivity index (χ4n) is 4.12. The van der Waals surface area contributed by atoms with Crippen molar-refractivity contribution in [1.82, 2.24) is 4.90 Å². The molecule has 0 saturated carbocycles. The van der Waals surface area contributed by atoms with E-state index in [9.17, 15) is 9.90 Å². The summed E-state index contributed by atoms with van der Waals surface area (Å²) in [5.41, 5.74) is 8.44. The van der Waals surface area contributed by atoms with E-state index in [1.54, 1.807) is 20.0 Å². The van der Waals surface area contributed by atoms with Crippen LogP contribution >= 0.6 is 11.6 Å². The molecule has 0 aliphatic heterocycles. The molecule has 0 bridgehead atoms. The van der Waals surface area contributed by atoms with Gasteiger partial charge in [0.15, 0.2) is 0 Å². The predicted octanol–water partition coefficient (Wildman–Crippen LogP) is 6.08. The number of hydrogen-bond donors (Lipinski definition) is 3. The Labute approximate surface area is 238 Å². The Morgan fingerprint density at radius 2 is 1.87 bits per heavy atom. The monoisotopic (exact) mass is 554 g/mol. The zero-order valence-electron chi connectivity index (χ0n) is 23.8. The molecule has 1 amide bonds. The zero-order valence-corrected chi connectivity index (χ0v) is 24.5. The number of allylic oxidation sites excluding steroid dienone is 1. The van der Waals surface area contributed by atoms with Gasteiger partial charge in [0.2, 0.25) is 0 Å². The van der Waals surface area contributed by atoms with Gasteiger partial charge >= 0.3 is 0 Å². The van der Waals surface area contributed by atoms with Crippen molar-refractivity contribution in [3.05, 3.63) is 95.1 Å². The van der Waals surface area contributed by atoms with Crippen molar-refractivity contribution in [3.63, 3.8) is 0 Å². The summed E-state index contributed by atoms with van der Waals surface area (Å²) < 4.78 is 0. The maximum absolute atomic E-state index is 12.7. The highest BCUT2D eigenvalue weighted by Crippen LogP contribution is 2.28. The number of amides is 1. The Kier molecular flexibility index (Phi) is 15.0. The first-order valence-electron chi connectivity index (χ1n) is 13.0. The number of likely N-dealkylation sites (N-methyl/N-ethyl adjacent to an activating group) is 1. The summed E-state index contributed by atoms with van der Waals surface area (Å²) >= 11 is 6.13. The first kappa shape index (κ1) is 33.8. The van der Waals surface area contributed by atoms with Crippen LogP contribution in [0.3, 0.4) is 0 Å². The number of nitrogens with one attached hydrogen (secondary N) is 1. The molecule has 0 aliphatic rings. The summed E-state index contributed by atoms with van der Waals surface area (Å²) in [4.78, 5) is 19.2. The highest BCUT2D eigenvalue weighted by atomic mass is 35.5. The topological polar surface area (TPSA) is 112 Å². The lowest BCUT2D eigenvalue weighted by molar-refractivity contribution is -0.124. The minimum Gasteiger partial charge on any atom is -0.399 e. The van der Waals surface area contributed by atoms with E-state index in [0.29, 0.717) is 29.3 Å². The standard InChI is InChI=1S/C20H27ClN4O2.C11H16O/c1-5-15(11-14(2)23)20(26)25(3)13-19(24-27-4)18(9-10-22)16-7-6-8-17(21)12-16;1-3-11(12,4-2)10-8-6-5-7-9-10/h5-8,11-12,18,23H,1,9-10,13,22H2,2-4H3;5-9,12H,3-4H2,1-2H3/b15-11+,23-14?,24-19+;. The van der Waals surface area contributed by atoms with Gasteiger partial charge in [-0.05, 0) is 62.1 Å². The van der Waals surface area contributed by atoms with E-state index in [0.717, 1.165) is 24.0 Å². The van der Waals surface area contributed by atoms with Gasteiger partial charge in [-0.25, -0.2) is 0 Å².